The highest BCUT2D eigenvalue weighted by molar-refractivity contribution is 6.04. The van der Waals surface area contributed by atoms with E-state index < -0.39 is 0 Å². The maximum Gasteiger partial charge on any atom is 0.338 e. The second-order valence-corrected chi connectivity index (χ2v) is 7.22. The Bertz CT molecular complexity index is 911. The van der Waals surface area contributed by atoms with Crippen molar-refractivity contribution in [3.63, 3.8) is 0 Å². The van der Waals surface area contributed by atoms with Gasteiger partial charge in [-0.15, -0.1) is 0 Å². The second kappa shape index (κ2) is 9.91. The first kappa shape index (κ1) is 21.4. The molecule has 1 aliphatic heterocycles. The average Bonchev–Trinajstić information content (AvgIpc) is 2.79. The molecule has 1 atom stereocenters. The van der Waals surface area contributed by atoms with Crippen molar-refractivity contribution < 1.29 is 19.1 Å². The van der Waals surface area contributed by atoms with Crippen LogP contribution in [0.1, 0.15) is 52.0 Å². The van der Waals surface area contributed by atoms with Gasteiger partial charge in [-0.1, -0.05) is 12.1 Å². The van der Waals surface area contributed by atoms with Gasteiger partial charge in [-0.2, -0.15) is 0 Å². The molecule has 0 spiro atoms. The lowest BCUT2D eigenvalue weighted by Crippen LogP contribution is -2.43. The van der Waals surface area contributed by atoms with Gasteiger partial charge in [-0.05, 0) is 61.7 Å². The van der Waals surface area contributed by atoms with Crippen LogP contribution in [0.5, 0.6) is 0 Å². The van der Waals surface area contributed by atoms with Crippen molar-refractivity contribution in [1.29, 1.82) is 0 Å². The normalized spacial score (nSPS) is 15.9. The molecule has 158 valence electrons. The summed E-state index contributed by atoms with van der Waals surface area (Å²) >= 11 is 0. The summed E-state index contributed by atoms with van der Waals surface area (Å²) in [4.78, 5) is 38.2. The Balaban J connectivity index is 1.67. The van der Waals surface area contributed by atoms with E-state index >= 15 is 0 Å². The minimum absolute atomic E-state index is 0.0696. The van der Waals surface area contributed by atoms with Crippen molar-refractivity contribution >= 4 is 23.6 Å². The van der Waals surface area contributed by atoms with Gasteiger partial charge in [0, 0.05) is 37.3 Å². The van der Waals surface area contributed by atoms with Crippen LogP contribution < -0.4 is 10.6 Å². The molecule has 1 unspecified atom stereocenters. The number of rotatable bonds is 5. The molecule has 0 radical (unpaired) electrons. The number of amides is 3. The Hall–Kier alpha value is -3.35. The predicted molar refractivity (Wildman–Crippen MR) is 115 cm³/mol. The van der Waals surface area contributed by atoms with E-state index in [4.69, 9.17) is 4.74 Å². The zero-order valence-corrected chi connectivity index (χ0v) is 17.3. The molecule has 1 heterocycles. The first-order valence-electron chi connectivity index (χ1n) is 10.2. The molecule has 7 heteroatoms. The van der Waals surface area contributed by atoms with Gasteiger partial charge in [-0.25, -0.2) is 9.59 Å². The number of ether oxygens (including phenoxy) is 1. The van der Waals surface area contributed by atoms with E-state index in [0.717, 1.165) is 24.9 Å². The molecule has 3 amide bonds. The average molecular weight is 409 g/mol. The third-order valence-corrected chi connectivity index (χ3v) is 5.20. The van der Waals surface area contributed by atoms with Crippen LogP contribution in [0.25, 0.3) is 0 Å². The number of esters is 1. The largest absolute Gasteiger partial charge is 0.462 e. The number of benzene rings is 2. The van der Waals surface area contributed by atoms with Gasteiger partial charge < -0.3 is 20.3 Å². The van der Waals surface area contributed by atoms with Crippen LogP contribution in [0.4, 0.5) is 10.5 Å². The fourth-order valence-electron chi connectivity index (χ4n) is 3.63. The maximum absolute atomic E-state index is 12.7. The van der Waals surface area contributed by atoms with Crippen molar-refractivity contribution in [3.8, 4) is 0 Å². The number of piperidine rings is 1. The Morgan fingerprint density at radius 2 is 1.87 bits per heavy atom. The monoisotopic (exact) mass is 409 g/mol. The van der Waals surface area contributed by atoms with Crippen molar-refractivity contribution in [2.45, 2.75) is 25.7 Å². The molecule has 0 saturated carbocycles. The van der Waals surface area contributed by atoms with E-state index in [1.165, 1.54) is 0 Å². The van der Waals surface area contributed by atoms with Crippen LogP contribution in [0, 0.1) is 0 Å². The molecule has 1 saturated heterocycles. The molecule has 2 N–H and O–H groups in total. The van der Waals surface area contributed by atoms with Gasteiger partial charge >= 0.3 is 12.0 Å². The summed E-state index contributed by atoms with van der Waals surface area (Å²) in [5.41, 5.74) is 2.64. The lowest BCUT2D eigenvalue weighted by molar-refractivity contribution is 0.0526. The van der Waals surface area contributed by atoms with Crippen LogP contribution in [0.2, 0.25) is 0 Å². The Kier molecular flexibility index (Phi) is 7.06. The highest BCUT2D eigenvalue weighted by Gasteiger charge is 2.24. The van der Waals surface area contributed by atoms with E-state index in [9.17, 15) is 14.4 Å². The maximum atomic E-state index is 12.7. The second-order valence-electron chi connectivity index (χ2n) is 7.22. The summed E-state index contributed by atoms with van der Waals surface area (Å²) in [6, 6.07) is 14.1. The molecule has 0 aliphatic carbocycles. The third kappa shape index (κ3) is 5.17. The van der Waals surface area contributed by atoms with Gasteiger partial charge in [0.05, 0.1) is 12.2 Å². The molecule has 2 aromatic carbocycles. The van der Waals surface area contributed by atoms with E-state index in [0.29, 0.717) is 30.0 Å². The topological polar surface area (TPSA) is 87.7 Å². The number of nitrogens with one attached hydrogen (secondary N) is 2. The van der Waals surface area contributed by atoms with Crippen LogP contribution in [0.3, 0.4) is 0 Å². The summed E-state index contributed by atoms with van der Waals surface area (Å²) in [5, 5.41) is 5.53. The number of urea groups is 1. The van der Waals surface area contributed by atoms with E-state index in [2.05, 4.69) is 10.6 Å². The van der Waals surface area contributed by atoms with Crippen molar-refractivity contribution in [2.24, 2.45) is 0 Å². The molecule has 7 nitrogen and oxygen atoms in total. The molecule has 3 rings (SSSR count). The lowest BCUT2D eigenvalue weighted by atomic mass is 9.89. The molecular weight excluding hydrogens is 382 g/mol. The van der Waals surface area contributed by atoms with Gasteiger partial charge in [-0.3, -0.25) is 4.79 Å². The molecule has 1 fully saturated rings. The first-order valence-corrected chi connectivity index (χ1v) is 10.2. The molecule has 2 aromatic rings. The van der Waals surface area contributed by atoms with E-state index in [1.807, 2.05) is 23.1 Å². The number of hydrogen-bond donors (Lipinski definition) is 2. The number of anilines is 1. The van der Waals surface area contributed by atoms with Crippen molar-refractivity contribution in [2.75, 3.05) is 32.1 Å². The van der Waals surface area contributed by atoms with E-state index in [1.54, 1.807) is 44.3 Å². The Labute approximate surface area is 176 Å². The van der Waals surface area contributed by atoms with E-state index in [-0.39, 0.29) is 23.8 Å². The van der Waals surface area contributed by atoms with Crippen molar-refractivity contribution in [3.05, 3.63) is 65.2 Å². The van der Waals surface area contributed by atoms with Crippen molar-refractivity contribution in [1.82, 2.24) is 10.2 Å². The van der Waals surface area contributed by atoms with Crippen LogP contribution in [-0.2, 0) is 4.74 Å². The molecular formula is C23H27N3O4. The van der Waals surface area contributed by atoms with Crippen LogP contribution in [-0.4, -0.2) is 49.6 Å². The minimum atomic E-state index is -0.388. The Morgan fingerprint density at radius 1 is 1.10 bits per heavy atom. The zero-order valence-electron chi connectivity index (χ0n) is 17.3. The lowest BCUT2D eigenvalue weighted by Gasteiger charge is -2.32. The summed E-state index contributed by atoms with van der Waals surface area (Å²) in [7, 11) is 1.64. The van der Waals surface area contributed by atoms with Gasteiger partial charge in [0.2, 0.25) is 0 Å². The summed E-state index contributed by atoms with van der Waals surface area (Å²) in [5.74, 6) is -0.409. The quantitative estimate of drug-likeness (QED) is 0.738. The van der Waals surface area contributed by atoms with Crippen LogP contribution in [0.15, 0.2) is 48.5 Å². The SMILES string of the molecule is CCOC(=O)c1ccc(NC(=O)c2cccc(C3CCCN(C(=O)NC)C3)c2)cc1. The summed E-state index contributed by atoms with van der Waals surface area (Å²) in [6.45, 7) is 3.46. The first-order chi connectivity index (χ1) is 14.5. The highest BCUT2D eigenvalue weighted by Crippen LogP contribution is 2.27. The molecule has 0 bridgehead atoms. The number of hydrogen-bond acceptors (Lipinski definition) is 4. The third-order valence-electron chi connectivity index (χ3n) is 5.20. The van der Waals surface area contributed by atoms with Gasteiger partial charge in [0.15, 0.2) is 0 Å². The molecule has 30 heavy (non-hydrogen) atoms. The smallest absolute Gasteiger partial charge is 0.338 e. The van der Waals surface area contributed by atoms with Gasteiger partial charge in [0.25, 0.3) is 5.91 Å². The Morgan fingerprint density at radius 3 is 2.57 bits per heavy atom. The number of carbonyl (C=O) groups is 3. The van der Waals surface area contributed by atoms with Crippen LogP contribution >= 0.6 is 0 Å². The minimum Gasteiger partial charge on any atom is -0.462 e. The summed E-state index contributed by atoms with van der Waals surface area (Å²) < 4.78 is 4.96. The van der Waals surface area contributed by atoms with Gasteiger partial charge in [0.1, 0.15) is 0 Å². The summed E-state index contributed by atoms with van der Waals surface area (Å²) in [6.07, 6.45) is 1.91. The number of carbonyl (C=O) groups excluding carboxylic acids is 3. The number of likely N-dealkylation sites (tertiary alicyclic amines) is 1. The standard InChI is InChI=1S/C23H27N3O4/c1-3-30-22(28)16-9-11-20(12-10-16)25-21(27)18-7-4-6-17(14-18)19-8-5-13-26(15-19)23(29)24-2/h4,6-7,9-12,14,19H,3,5,8,13,15H2,1-2H3,(H,24,29)(H,25,27). The predicted octanol–water partition coefficient (Wildman–Crippen LogP) is 3.63. The fourth-order valence-corrected chi connectivity index (χ4v) is 3.63. The fraction of sp³-hybridized carbons (Fsp3) is 0.348. The molecule has 0 aromatic heterocycles. The molecule has 1 aliphatic rings. The number of nitrogens with zero attached hydrogens (tertiary/aromatic N) is 1. The zero-order chi connectivity index (χ0) is 21.5. The highest BCUT2D eigenvalue weighted by atomic mass is 16.5.